The summed E-state index contributed by atoms with van der Waals surface area (Å²) in [5.74, 6) is 0.426. The summed E-state index contributed by atoms with van der Waals surface area (Å²) in [5, 5.41) is 8.20. The summed E-state index contributed by atoms with van der Waals surface area (Å²) in [7, 11) is 0.321. The smallest absolute Gasteiger partial charge is 0.133 e. The van der Waals surface area contributed by atoms with Gasteiger partial charge >= 0.3 is 0 Å². The minimum Gasteiger partial charge on any atom is -0.285 e. The average molecular weight is 433 g/mol. The number of benzene rings is 3. The molecule has 0 aliphatic rings. The predicted octanol–water partition coefficient (Wildman–Crippen LogP) is 6.67. The zero-order valence-electron chi connectivity index (χ0n) is 19.3. The second kappa shape index (κ2) is 12.8. The molecule has 0 spiro atoms. The minimum atomic E-state index is -1.84. The summed E-state index contributed by atoms with van der Waals surface area (Å²) in [6.07, 6.45) is 10.7. The van der Waals surface area contributed by atoms with Gasteiger partial charge in [-0.3, -0.25) is 5.32 Å². The molecule has 0 fully saturated rings. The van der Waals surface area contributed by atoms with Crippen LogP contribution in [0.3, 0.4) is 0 Å². The highest BCUT2D eigenvalue weighted by atomic mass is 31.2. The first-order valence-electron chi connectivity index (χ1n) is 12.1. The first-order valence-corrected chi connectivity index (χ1v) is 13.9. The van der Waals surface area contributed by atoms with Gasteiger partial charge in [0.15, 0.2) is 0 Å². The van der Waals surface area contributed by atoms with Crippen molar-refractivity contribution in [2.75, 3.05) is 7.05 Å². The molecule has 0 saturated heterocycles. The molecule has 1 atom stereocenters. The van der Waals surface area contributed by atoms with E-state index in [4.69, 9.17) is 0 Å². The maximum atomic E-state index is 3.80. The number of rotatable bonds is 13. The Morgan fingerprint density at radius 2 is 0.968 bits per heavy atom. The Hall–Kier alpha value is -1.95. The highest BCUT2D eigenvalue weighted by molar-refractivity contribution is 7.96. The first kappa shape index (κ1) is 23.7. The Balaban J connectivity index is 1.96. The maximum absolute atomic E-state index is 3.80. The van der Waals surface area contributed by atoms with Gasteiger partial charge in [-0.05, 0) is 56.3 Å². The van der Waals surface area contributed by atoms with Crippen molar-refractivity contribution in [1.82, 2.24) is 5.32 Å². The summed E-state index contributed by atoms with van der Waals surface area (Å²) in [6.45, 7) is 2.29. The molecule has 0 amide bonds. The molecule has 1 N–H and O–H groups in total. The van der Waals surface area contributed by atoms with Crippen LogP contribution in [-0.2, 0) is 0 Å². The van der Waals surface area contributed by atoms with Crippen molar-refractivity contribution in [2.24, 2.45) is 0 Å². The molecule has 31 heavy (non-hydrogen) atoms. The first-order chi connectivity index (χ1) is 15.3. The van der Waals surface area contributed by atoms with Crippen LogP contribution < -0.4 is 21.2 Å². The molecule has 2 heteroatoms. The topological polar surface area (TPSA) is 12.0 Å². The zero-order chi connectivity index (χ0) is 21.8. The van der Waals surface area contributed by atoms with Gasteiger partial charge in [-0.1, -0.05) is 100 Å². The standard InChI is InChI=1S/C29H39NP/c1-3-4-5-6-7-8-18-25-29(30-2)31(26-19-12-9-13-20-26,27-21-14-10-15-22-27)28-23-16-11-17-24-28/h9-17,19-24,29-30H,3-8,18,25H2,1-2H3/q+1. The van der Waals surface area contributed by atoms with E-state index in [2.05, 4.69) is 110 Å². The fraction of sp³-hybridized carbons (Fsp3) is 0.379. The highest BCUT2D eigenvalue weighted by Gasteiger charge is 2.51. The quantitative estimate of drug-likeness (QED) is 0.235. The minimum absolute atomic E-state index is 0.426. The molecule has 164 valence electrons. The van der Waals surface area contributed by atoms with E-state index in [1.165, 1.54) is 67.3 Å². The van der Waals surface area contributed by atoms with Crippen LogP contribution in [0.4, 0.5) is 0 Å². The molecule has 0 saturated carbocycles. The van der Waals surface area contributed by atoms with Crippen LogP contribution in [0.5, 0.6) is 0 Å². The van der Waals surface area contributed by atoms with Gasteiger partial charge in [0.05, 0.1) is 0 Å². The molecule has 3 aromatic carbocycles. The van der Waals surface area contributed by atoms with Crippen LogP contribution in [0.15, 0.2) is 91.0 Å². The lowest BCUT2D eigenvalue weighted by Crippen LogP contribution is -2.44. The number of unbranched alkanes of at least 4 members (excludes halogenated alkanes) is 6. The fourth-order valence-electron chi connectivity index (χ4n) is 4.80. The SMILES string of the molecule is CCCCCCCCCC(NC)[P+](c1ccccc1)(c1ccccc1)c1ccccc1. The second-order valence-electron chi connectivity index (χ2n) is 8.44. The summed E-state index contributed by atoms with van der Waals surface area (Å²) >= 11 is 0. The molecule has 0 radical (unpaired) electrons. The van der Waals surface area contributed by atoms with Crippen molar-refractivity contribution in [2.45, 2.75) is 64.1 Å². The van der Waals surface area contributed by atoms with E-state index >= 15 is 0 Å². The Morgan fingerprint density at radius 3 is 1.35 bits per heavy atom. The molecule has 3 aromatic rings. The van der Waals surface area contributed by atoms with Crippen molar-refractivity contribution >= 4 is 23.2 Å². The van der Waals surface area contributed by atoms with Gasteiger partial charge in [0.2, 0.25) is 0 Å². The van der Waals surface area contributed by atoms with Crippen LogP contribution >= 0.6 is 7.26 Å². The van der Waals surface area contributed by atoms with E-state index < -0.39 is 7.26 Å². The Morgan fingerprint density at radius 1 is 0.581 bits per heavy atom. The summed E-state index contributed by atoms with van der Waals surface area (Å²) in [5.41, 5.74) is 0. The van der Waals surface area contributed by atoms with Gasteiger partial charge in [0.1, 0.15) is 29.0 Å². The summed E-state index contributed by atoms with van der Waals surface area (Å²) in [6, 6.07) is 33.7. The molecule has 0 aliphatic heterocycles. The lowest BCUT2D eigenvalue weighted by molar-refractivity contribution is 0.552. The maximum Gasteiger partial charge on any atom is 0.133 e. The number of hydrogen-bond donors (Lipinski definition) is 1. The molecule has 0 aromatic heterocycles. The van der Waals surface area contributed by atoms with E-state index in [0.717, 1.165) is 0 Å². The average Bonchev–Trinajstić information content (AvgIpc) is 2.84. The van der Waals surface area contributed by atoms with Crippen LogP contribution in [0.1, 0.15) is 58.3 Å². The summed E-state index contributed by atoms with van der Waals surface area (Å²) in [4.78, 5) is 0. The second-order valence-corrected chi connectivity index (χ2v) is 12.1. The van der Waals surface area contributed by atoms with Gasteiger partial charge < -0.3 is 0 Å². The van der Waals surface area contributed by atoms with Crippen molar-refractivity contribution in [3.8, 4) is 0 Å². The molecule has 1 nitrogen and oxygen atoms in total. The van der Waals surface area contributed by atoms with Gasteiger partial charge in [-0.25, -0.2) is 0 Å². The largest absolute Gasteiger partial charge is 0.285 e. The van der Waals surface area contributed by atoms with Crippen LogP contribution in [0, 0.1) is 0 Å². The van der Waals surface area contributed by atoms with Crippen molar-refractivity contribution in [3.05, 3.63) is 91.0 Å². The molecular formula is C29H39NP+. The van der Waals surface area contributed by atoms with Crippen LogP contribution in [-0.4, -0.2) is 12.8 Å². The third-order valence-electron chi connectivity index (χ3n) is 6.37. The monoisotopic (exact) mass is 432 g/mol. The predicted molar refractivity (Wildman–Crippen MR) is 141 cm³/mol. The summed E-state index contributed by atoms with van der Waals surface area (Å²) < 4.78 is 0. The molecule has 0 heterocycles. The molecule has 0 bridgehead atoms. The number of hydrogen-bond acceptors (Lipinski definition) is 1. The third-order valence-corrected chi connectivity index (χ3v) is 11.2. The van der Waals surface area contributed by atoms with Crippen molar-refractivity contribution in [3.63, 3.8) is 0 Å². The van der Waals surface area contributed by atoms with Crippen LogP contribution in [0.25, 0.3) is 0 Å². The van der Waals surface area contributed by atoms with Gasteiger partial charge in [-0.2, -0.15) is 0 Å². The van der Waals surface area contributed by atoms with Gasteiger partial charge in [-0.15, -0.1) is 0 Å². The normalized spacial score (nSPS) is 12.6. The molecule has 0 aliphatic carbocycles. The lowest BCUT2D eigenvalue weighted by atomic mass is 10.1. The number of nitrogens with one attached hydrogen (secondary N) is 1. The molecular weight excluding hydrogens is 393 g/mol. The molecule has 3 rings (SSSR count). The van der Waals surface area contributed by atoms with Crippen molar-refractivity contribution in [1.29, 1.82) is 0 Å². The van der Waals surface area contributed by atoms with Gasteiger partial charge in [0.25, 0.3) is 0 Å². The highest BCUT2D eigenvalue weighted by Crippen LogP contribution is 2.59. The van der Waals surface area contributed by atoms with Gasteiger partial charge in [0, 0.05) is 0 Å². The van der Waals surface area contributed by atoms with E-state index in [1.54, 1.807) is 0 Å². The Kier molecular flexibility index (Phi) is 9.79. The van der Waals surface area contributed by atoms with E-state index in [0.29, 0.717) is 5.78 Å². The third kappa shape index (κ3) is 5.85. The Labute approximate surface area is 190 Å². The lowest BCUT2D eigenvalue weighted by Gasteiger charge is -2.34. The molecule has 1 unspecified atom stereocenters. The van der Waals surface area contributed by atoms with E-state index in [-0.39, 0.29) is 0 Å². The zero-order valence-corrected chi connectivity index (χ0v) is 20.2. The fourth-order valence-corrected chi connectivity index (χ4v) is 9.66. The Bertz CT molecular complexity index is 751. The van der Waals surface area contributed by atoms with Crippen molar-refractivity contribution < 1.29 is 0 Å². The van der Waals surface area contributed by atoms with E-state index in [1.807, 2.05) is 0 Å². The van der Waals surface area contributed by atoms with Crippen LogP contribution in [0.2, 0.25) is 0 Å². The van der Waals surface area contributed by atoms with E-state index in [9.17, 15) is 0 Å².